The predicted molar refractivity (Wildman–Crippen MR) is 70.3 cm³/mol. The first-order valence-electron chi connectivity index (χ1n) is 6.64. The van der Waals surface area contributed by atoms with Crippen LogP contribution >= 0.6 is 0 Å². The van der Waals surface area contributed by atoms with Crippen LogP contribution in [0.4, 0.5) is 0 Å². The van der Waals surface area contributed by atoms with Crippen LogP contribution in [0, 0.1) is 18.8 Å². The Morgan fingerprint density at radius 1 is 1.30 bits per heavy atom. The molecular weight excluding hydrogens is 262 g/mol. The summed E-state index contributed by atoms with van der Waals surface area (Å²) in [6.45, 7) is 4.26. The summed E-state index contributed by atoms with van der Waals surface area (Å²) in [5, 5.41) is 18.2. The lowest BCUT2D eigenvalue weighted by Crippen LogP contribution is -2.47. The van der Waals surface area contributed by atoms with Gasteiger partial charge in [0.25, 0.3) is 0 Å². The number of carboxylic acids is 2. The molecule has 2 rings (SSSR count). The maximum absolute atomic E-state index is 11.2. The van der Waals surface area contributed by atoms with Gasteiger partial charge in [0.15, 0.2) is 0 Å². The minimum absolute atomic E-state index is 0.292. The molecule has 0 aliphatic carbocycles. The number of hydrogen-bond donors (Lipinski definition) is 2. The molecule has 20 heavy (non-hydrogen) atoms. The van der Waals surface area contributed by atoms with E-state index in [1.54, 1.807) is 6.20 Å². The van der Waals surface area contributed by atoms with Crippen LogP contribution in [0.2, 0.25) is 0 Å². The first kappa shape index (κ1) is 14.5. The Bertz CT molecular complexity index is 500. The van der Waals surface area contributed by atoms with Gasteiger partial charge in [0, 0.05) is 32.0 Å². The van der Waals surface area contributed by atoms with E-state index in [-0.39, 0.29) is 0 Å². The van der Waals surface area contributed by atoms with Crippen molar-refractivity contribution >= 4 is 11.9 Å². The zero-order valence-corrected chi connectivity index (χ0v) is 11.4. The quantitative estimate of drug-likeness (QED) is 0.806. The van der Waals surface area contributed by atoms with Crippen LogP contribution in [-0.2, 0) is 16.1 Å². The van der Waals surface area contributed by atoms with Crippen LogP contribution in [0.3, 0.4) is 0 Å². The van der Waals surface area contributed by atoms with E-state index in [9.17, 15) is 9.59 Å². The monoisotopic (exact) mass is 281 g/mol. The van der Waals surface area contributed by atoms with E-state index in [1.165, 1.54) is 0 Å². The number of nitrogens with zero attached hydrogens (tertiary/aromatic N) is 3. The molecule has 1 saturated heterocycles. The molecular formula is C13H19N3O4. The zero-order valence-electron chi connectivity index (χ0n) is 11.4. The number of likely N-dealkylation sites (tertiary alicyclic amines) is 1. The second-order valence-electron chi connectivity index (χ2n) is 5.15. The van der Waals surface area contributed by atoms with Crippen molar-refractivity contribution in [3.8, 4) is 0 Å². The Labute approximate surface area is 116 Å². The second kappa shape index (κ2) is 6.04. The van der Waals surface area contributed by atoms with Gasteiger partial charge in [0.2, 0.25) is 0 Å². The van der Waals surface area contributed by atoms with Gasteiger partial charge in [-0.25, -0.2) is 4.98 Å². The Hall–Kier alpha value is -1.89. The molecule has 0 spiro atoms. The van der Waals surface area contributed by atoms with Crippen LogP contribution in [-0.4, -0.2) is 56.2 Å². The molecule has 2 N–H and O–H groups in total. The topological polar surface area (TPSA) is 95.7 Å². The van der Waals surface area contributed by atoms with Crippen molar-refractivity contribution in [2.24, 2.45) is 11.8 Å². The highest BCUT2D eigenvalue weighted by molar-refractivity contribution is 5.80. The second-order valence-corrected chi connectivity index (χ2v) is 5.15. The summed E-state index contributed by atoms with van der Waals surface area (Å²) < 4.78 is 2.00. The molecule has 1 aromatic rings. The number of hydrogen-bond acceptors (Lipinski definition) is 4. The number of aliphatic carboxylic acids is 2. The smallest absolute Gasteiger partial charge is 0.308 e. The zero-order chi connectivity index (χ0) is 14.7. The summed E-state index contributed by atoms with van der Waals surface area (Å²) >= 11 is 0. The van der Waals surface area contributed by atoms with Gasteiger partial charge >= 0.3 is 11.9 Å². The third-order valence-corrected chi connectivity index (χ3v) is 3.91. The van der Waals surface area contributed by atoms with Crippen molar-refractivity contribution < 1.29 is 19.8 Å². The summed E-state index contributed by atoms with van der Waals surface area (Å²) in [6, 6.07) is 0. The normalized spacial score (nSPS) is 23.6. The molecule has 1 aliphatic heterocycles. The lowest BCUT2D eigenvalue weighted by Gasteiger charge is -2.34. The van der Waals surface area contributed by atoms with Crippen LogP contribution in [0.25, 0.3) is 0 Å². The largest absolute Gasteiger partial charge is 0.481 e. The van der Waals surface area contributed by atoms with E-state index in [1.807, 2.05) is 22.6 Å². The first-order valence-corrected chi connectivity index (χ1v) is 6.64. The third kappa shape index (κ3) is 3.16. The van der Waals surface area contributed by atoms with Crippen molar-refractivity contribution in [1.82, 2.24) is 14.5 Å². The Morgan fingerprint density at radius 2 is 2.00 bits per heavy atom. The molecule has 7 nitrogen and oxygen atoms in total. The van der Waals surface area contributed by atoms with E-state index in [2.05, 4.69) is 4.98 Å². The summed E-state index contributed by atoms with van der Waals surface area (Å²) in [5.74, 6) is -2.73. The van der Waals surface area contributed by atoms with Crippen LogP contribution < -0.4 is 0 Å². The van der Waals surface area contributed by atoms with Crippen molar-refractivity contribution in [2.45, 2.75) is 19.9 Å². The molecule has 110 valence electrons. The molecule has 0 bridgehead atoms. The Morgan fingerprint density at radius 3 is 2.55 bits per heavy atom. The molecule has 7 heteroatoms. The summed E-state index contributed by atoms with van der Waals surface area (Å²) in [4.78, 5) is 28.4. The molecule has 1 aromatic heterocycles. The van der Waals surface area contributed by atoms with Gasteiger partial charge in [-0.1, -0.05) is 0 Å². The maximum atomic E-state index is 11.2. The van der Waals surface area contributed by atoms with Crippen molar-refractivity contribution in [3.63, 3.8) is 0 Å². The first-order chi connectivity index (χ1) is 9.49. The fourth-order valence-corrected chi connectivity index (χ4v) is 2.66. The highest BCUT2D eigenvalue weighted by Gasteiger charge is 2.38. The highest BCUT2D eigenvalue weighted by Crippen LogP contribution is 2.24. The van der Waals surface area contributed by atoms with Crippen molar-refractivity contribution in [2.75, 3.05) is 19.6 Å². The number of rotatable bonds is 5. The number of imidazole rings is 1. The van der Waals surface area contributed by atoms with Crippen LogP contribution in [0.5, 0.6) is 0 Å². The molecule has 2 atom stereocenters. The average Bonchev–Trinajstić information content (AvgIpc) is 2.81. The number of aromatic nitrogens is 2. The third-order valence-electron chi connectivity index (χ3n) is 3.91. The van der Waals surface area contributed by atoms with E-state index in [0.717, 1.165) is 12.4 Å². The van der Waals surface area contributed by atoms with E-state index < -0.39 is 23.8 Å². The fourth-order valence-electron chi connectivity index (χ4n) is 2.66. The number of piperidine rings is 1. The van der Waals surface area contributed by atoms with Gasteiger partial charge in [0.05, 0.1) is 11.8 Å². The Kier molecular flexibility index (Phi) is 4.39. The number of carbonyl (C=O) groups is 2. The van der Waals surface area contributed by atoms with Crippen molar-refractivity contribution in [1.29, 1.82) is 0 Å². The molecule has 0 saturated carbocycles. The molecule has 0 radical (unpaired) electrons. The molecule has 0 amide bonds. The fraction of sp³-hybridized carbons (Fsp3) is 0.615. The molecule has 1 aliphatic rings. The molecule has 1 fully saturated rings. The lowest BCUT2D eigenvalue weighted by molar-refractivity contribution is -0.157. The minimum Gasteiger partial charge on any atom is -0.481 e. The summed E-state index contributed by atoms with van der Waals surface area (Å²) in [6.07, 6.45) is 4.00. The van der Waals surface area contributed by atoms with Crippen molar-refractivity contribution in [3.05, 3.63) is 18.2 Å². The van der Waals surface area contributed by atoms with Gasteiger partial charge in [-0.2, -0.15) is 0 Å². The standard InChI is InChI=1S/C13H19N3O4/c1-9-14-3-5-16(9)7-6-15-4-2-10(12(17)18)11(8-15)13(19)20/h3,5,10-11H,2,4,6-8H2,1H3,(H,17,18)(H,19,20). The Balaban J connectivity index is 1.93. The lowest BCUT2D eigenvalue weighted by atomic mass is 9.85. The van der Waals surface area contributed by atoms with Gasteiger partial charge < -0.3 is 19.7 Å². The van der Waals surface area contributed by atoms with Gasteiger partial charge in [-0.05, 0) is 19.9 Å². The highest BCUT2D eigenvalue weighted by atomic mass is 16.4. The number of aryl methyl sites for hydroxylation is 1. The summed E-state index contributed by atoms with van der Waals surface area (Å²) in [5.41, 5.74) is 0. The maximum Gasteiger partial charge on any atom is 0.308 e. The van der Waals surface area contributed by atoms with Gasteiger partial charge in [-0.15, -0.1) is 0 Å². The van der Waals surface area contributed by atoms with E-state index >= 15 is 0 Å². The number of carboxylic acid groups (broad SMARTS) is 2. The molecule has 2 heterocycles. The van der Waals surface area contributed by atoms with E-state index in [4.69, 9.17) is 10.2 Å². The van der Waals surface area contributed by atoms with Crippen LogP contribution in [0.1, 0.15) is 12.2 Å². The SMILES string of the molecule is Cc1nccn1CCN1CCC(C(=O)O)C(C(=O)O)C1. The molecule has 2 unspecified atom stereocenters. The van der Waals surface area contributed by atoms with Crippen LogP contribution in [0.15, 0.2) is 12.4 Å². The summed E-state index contributed by atoms with van der Waals surface area (Å²) in [7, 11) is 0. The average molecular weight is 281 g/mol. The van der Waals surface area contributed by atoms with Gasteiger partial charge in [-0.3, -0.25) is 9.59 Å². The van der Waals surface area contributed by atoms with Gasteiger partial charge in [0.1, 0.15) is 5.82 Å². The molecule has 0 aromatic carbocycles. The predicted octanol–water partition coefficient (Wildman–Crippen LogP) is 0.299. The van der Waals surface area contributed by atoms with E-state index in [0.29, 0.717) is 26.1 Å². The minimum atomic E-state index is -1.03.